The van der Waals surface area contributed by atoms with Crippen LogP contribution in [-0.2, 0) is 15.0 Å². The van der Waals surface area contributed by atoms with Crippen LogP contribution in [0.5, 0.6) is 0 Å². The monoisotopic (exact) mass is 307 g/mol. The molecule has 1 atom stereocenters. The Labute approximate surface area is 116 Å². The summed E-state index contributed by atoms with van der Waals surface area (Å²) in [5.74, 6) is -1.03. The molecule has 1 aromatic heterocycles. The summed E-state index contributed by atoms with van der Waals surface area (Å²) in [5, 5.41) is 11.0. The van der Waals surface area contributed by atoms with Crippen LogP contribution in [0.2, 0.25) is 0 Å². The summed E-state index contributed by atoms with van der Waals surface area (Å²) in [4.78, 5) is 14.5. The number of carboxylic acid groups (broad SMARTS) is 1. The van der Waals surface area contributed by atoms with Crippen LogP contribution in [-0.4, -0.2) is 42.4 Å². The maximum absolute atomic E-state index is 12.0. The third-order valence-corrected chi connectivity index (χ3v) is 4.97. The van der Waals surface area contributed by atoms with E-state index in [0.29, 0.717) is 11.4 Å². The van der Waals surface area contributed by atoms with E-state index < -0.39 is 22.2 Å². The quantitative estimate of drug-likeness (QED) is 0.741. The largest absolute Gasteiger partial charge is 0.481 e. The molecule has 0 amide bonds. The van der Waals surface area contributed by atoms with Gasteiger partial charge in [0.05, 0.1) is 12.5 Å². The van der Waals surface area contributed by atoms with Crippen LogP contribution in [0.15, 0.2) is 11.6 Å². The highest BCUT2D eigenvalue weighted by Crippen LogP contribution is 2.20. The van der Waals surface area contributed by atoms with Gasteiger partial charge < -0.3 is 5.11 Å². The fraction of sp³-hybridized carbons (Fsp3) is 0.600. The van der Waals surface area contributed by atoms with E-state index in [-0.39, 0.29) is 13.0 Å². The molecule has 0 saturated heterocycles. The van der Waals surface area contributed by atoms with Crippen LogP contribution in [0, 0.1) is 0 Å². The van der Waals surface area contributed by atoms with Crippen molar-refractivity contribution >= 4 is 27.5 Å². The Hall–Kier alpha value is -1.03. The van der Waals surface area contributed by atoms with Gasteiger partial charge in [-0.15, -0.1) is 11.3 Å². The van der Waals surface area contributed by atoms with Gasteiger partial charge in [-0.3, -0.25) is 4.79 Å². The number of nitrogens with zero attached hydrogens (tertiary/aromatic N) is 2. The van der Waals surface area contributed by atoms with E-state index in [1.54, 1.807) is 11.6 Å². The molecule has 2 N–H and O–H groups in total. The first-order valence-corrected chi connectivity index (χ1v) is 8.03. The Balaban J connectivity index is 2.69. The summed E-state index contributed by atoms with van der Waals surface area (Å²) in [6, 6.07) is -0.391. The van der Waals surface area contributed by atoms with E-state index in [1.165, 1.54) is 18.4 Å². The van der Waals surface area contributed by atoms with E-state index in [1.807, 2.05) is 6.92 Å². The topological polar surface area (TPSA) is 99.6 Å². The van der Waals surface area contributed by atoms with Crippen molar-refractivity contribution in [2.75, 3.05) is 13.6 Å². The van der Waals surface area contributed by atoms with Gasteiger partial charge in [0.1, 0.15) is 5.01 Å². The summed E-state index contributed by atoms with van der Waals surface area (Å²) in [7, 11) is -2.36. The molecule has 0 radical (unpaired) electrons. The maximum atomic E-state index is 12.0. The highest BCUT2D eigenvalue weighted by Gasteiger charge is 2.24. The van der Waals surface area contributed by atoms with Crippen LogP contribution in [0.4, 0.5) is 0 Å². The second kappa shape index (κ2) is 6.94. The molecular weight excluding hydrogens is 290 g/mol. The van der Waals surface area contributed by atoms with Crippen molar-refractivity contribution in [2.45, 2.75) is 25.8 Å². The molecule has 0 saturated carbocycles. The van der Waals surface area contributed by atoms with Crippen molar-refractivity contribution in [1.82, 2.24) is 14.0 Å². The molecule has 0 fully saturated rings. The standard InChI is InChI=1S/C10H17N3O4S2/c1-3-8(10-11-5-7-18-10)12-19(16,17)13(2)6-4-9(14)15/h5,7-8,12H,3-4,6H2,1-2H3,(H,14,15). The van der Waals surface area contributed by atoms with Gasteiger partial charge in [0, 0.05) is 25.2 Å². The molecule has 0 aliphatic rings. The Kier molecular flexibility index (Phi) is 5.85. The van der Waals surface area contributed by atoms with Gasteiger partial charge in [-0.1, -0.05) is 6.92 Å². The molecular formula is C10H17N3O4S2. The summed E-state index contributed by atoms with van der Waals surface area (Å²) in [5.41, 5.74) is 0. The zero-order chi connectivity index (χ0) is 14.5. The normalized spacial score (nSPS) is 13.6. The molecule has 0 bridgehead atoms. The average Bonchev–Trinajstić information content (AvgIpc) is 2.86. The van der Waals surface area contributed by atoms with Crippen LogP contribution < -0.4 is 4.72 Å². The maximum Gasteiger partial charge on any atom is 0.304 e. The molecule has 9 heteroatoms. The number of aliphatic carboxylic acids is 1. The first-order valence-electron chi connectivity index (χ1n) is 5.71. The molecule has 1 heterocycles. The molecule has 108 valence electrons. The van der Waals surface area contributed by atoms with Crippen molar-refractivity contribution in [3.05, 3.63) is 16.6 Å². The lowest BCUT2D eigenvalue weighted by Crippen LogP contribution is -2.40. The lowest BCUT2D eigenvalue weighted by Gasteiger charge is -2.20. The summed E-state index contributed by atoms with van der Waals surface area (Å²) >= 11 is 1.38. The number of carbonyl (C=O) groups is 1. The molecule has 1 rings (SSSR count). The van der Waals surface area contributed by atoms with Crippen molar-refractivity contribution in [3.63, 3.8) is 0 Å². The Morgan fingerprint density at radius 1 is 1.63 bits per heavy atom. The number of nitrogens with one attached hydrogen (secondary N) is 1. The van der Waals surface area contributed by atoms with E-state index in [4.69, 9.17) is 5.11 Å². The number of thiazole rings is 1. The van der Waals surface area contributed by atoms with Gasteiger partial charge in [-0.05, 0) is 6.42 Å². The molecule has 1 aromatic rings. The van der Waals surface area contributed by atoms with Crippen molar-refractivity contribution in [2.24, 2.45) is 0 Å². The second-order valence-electron chi connectivity index (χ2n) is 3.92. The average molecular weight is 307 g/mol. The van der Waals surface area contributed by atoms with Crippen molar-refractivity contribution < 1.29 is 18.3 Å². The molecule has 1 unspecified atom stereocenters. The van der Waals surface area contributed by atoms with Gasteiger partial charge in [0.2, 0.25) is 0 Å². The zero-order valence-corrected chi connectivity index (χ0v) is 12.4. The fourth-order valence-electron chi connectivity index (χ4n) is 1.36. The first kappa shape index (κ1) is 16.0. The second-order valence-corrected chi connectivity index (χ2v) is 6.65. The van der Waals surface area contributed by atoms with E-state index in [9.17, 15) is 13.2 Å². The van der Waals surface area contributed by atoms with Crippen LogP contribution in [0.3, 0.4) is 0 Å². The molecule has 19 heavy (non-hydrogen) atoms. The van der Waals surface area contributed by atoms with Crippen LogP contribution in [0.1, 0.15) is 30.8 Å². The van der Waals surface area contributed by atoms with E-state index in [0.717, 1.165) is 4.31 Å². The molecule has 0 aliphatic carbocycles. The summed E-state index contributed by atoms with van der Waals surface area (Å²) < 4.78 is 27.5. The molecule has 0 aromatic carbocycles. The highest BCUT2D eigenvalue weighted by atomic mass is 32.2. The van der Waals surface area contributed by atoms with Crippen LogP contribution >= 0.6 is 11.3 Å². The van der Waals surface area contributed by atoms with Gasteiger partial charge >= 0.3 is 5.97 Å². The van der Waals surface area contributed by atoms with E-state index >= 15 is 0 Å². The predicted molar refractivity (Wildman–Crippen MR) is 72.1 cm³/mol. The minimum Gasteiger partial charge on any atom is -0.481 e. The summed E-state index contributed by atoms with van der Waals surface area (Å²) in [6.07, 6.45) is 1.95. The Morgan fingerprint density at radius 3 is 2.79 bits per heavy atom. The number of aromatic nitrogens is 1. The predicted octanol–water partition coefficient (Wildman–Crippen LogP) is 0.835. The lowest BCUT2D eigenvalue weighted by atomic mass is 10.3. The van der Waals surface area contributed by atoms with Gasteiger partial charge in [0.25, 0.3) is 10.2 Å². The highest BCUT2D eigenvalue weighted by molar-refractivity contribution is 7.87. The minimum absolute atomic E-state index is 0.0705. The number of hydrogen-bond acceptors (Lipinski definition) is 5. The van der Waals surface area contributed by atoms with Gasteiger partial charge in [0.15, 0.2) is 0 Å². The Bertz CT molecular complexity index is 501. The number of rotatable bonds is 8. The first-order chi connectivity index (χ1) is 8.86. The smallest absolute Gasteiger partial charge is 0.304 e. The zero-order valence-electron chi connectivity index (χ0n) is 10.7. The third-order valence-electron chi connectivity index (χ3n) is 2.50. The fourth-order valence-corrected chi connectivity index (χ4v) is 3.35. The number of carboxylic acids is 1. The molecule has 7 nitrogen and oxygen atoms in total. The van der Waals surface area contributed by atoms with Crippen LogP contribution in [0.25, 0.3) is 0 Å². The lowest BCUT2D eigenvalue weighted by molar-refractivity contribution is -0.137. The SMILES string of the molecule is CCC(NS(=O)(=O)N(C)CCC(=O)O)c1nccs1. The summed E-state index contributed by atoms with van der Waals surface area (Å²) in [6.45, 7) is 1.78. The van der Waals surface area contributed by atoms with E-state index in [2.05, 4.69) is 9.71 Å². The number of hydrogen-bond donors (Lipinski definition) is 2. The van der Waals surface area contributed by atoms with Crippen molar-refractivity contribution in [1.29, 1.82) is 0 Å². The Morgan fingerprint density at radius 2 is 2.32 bits per heavy atom. The third kappa shape index (κ3) is 4.86. The molecule has 0 aliphatic heterocycles. The molecule has 0 spiro atoms. The van der Waals surface area contributed by atoms with Gasteiger partial charge in [-0.2, -0.15) is 17.4 Å². The minimum atomic E-state index is -3.71. The van der Waals surface area contributed by atoms with Crippen molar-refractivity contribution in [3.8, 4) is 0 Å². The van der Waals surface area contributed by atoms with Gasteiger partial charge in [-0.25, -0.2) is 4.98 Å².